The van der Waals surface area contributed by atoms with E-state index in [1.807, 2.05) is 0 Å². The number of carbonyl (C=O) groups excluding carboxylic acids is 3. The van der Waals surface area contributed by atoms with Crippen molar-refractivity contribution in [3.05, 3.63) is 53.1 Å². The SMILES string of the molecule is Cc1cc2nc3c(nc2cc1C(=O)O)c1nc2cc(OC=O)c(OC=O)cc2nc1c1nc2cc(OC=O)c(C(=O)O)cc2nc31. The highest BCUT2D eigenvalue weighted by atomic mass is 16.6. The van der Waals surface area contributed by atoms with Crippen LogP contribution in [-0.4, -0.2) is 71.5 Å². The maximum Gasteiger partial charge on any atom is 0.339 e. The summed E-state index contributed by atoms with van der Waals surface area (Å²) >= 11 is 0. The van der Waals surface area contributed by atoms with Crippen molar-refractivity contribution in [3.8, 4) is 17.2 Å². The van der Waals surface area contributed by atoms with E-state index in [2.05, 4.69) is 9.97 Å². The molecule has 46 heavy (non-hydrogen) atoms. The Labute approximate surface area is 253 Å². The maximum absolute atomic E-state index is 11.9. The smallest absolute Gasteiger partial charge is 0.339 e. The Morgan fingerprint density at radius 1 is 0.500 bits per heavy atom. The minimum atomic E-state index is -1.37. The first kappa shape index (κ1) is 27.8. The van der Waals surface area contributed by atoms with E-state index in [-0.39, 0.29) is 108 Å². The van der Waals surface area contributed by atoms with Gasteiger partial charge in [0.05, 0.1) is 38.7 Å². The monoisotopic (exact) mass is 618 g/mol. The summed E-state index contributed by atoms with van der Waals surface area (Å²) in [6.45, 7) is 2.00. The average molecular weight is 618 g/mol. The molecule has 4 aromatic carbocycles. The third-order valence-electron chi connectivity index (χ3n) is 7.16. The molecular weight excluding hydrogens is 604 g/mol. The molecule has 3 heterocycles. The molecule has 0 bridgehead atoms. The zero-order valence-electron chi connectivity index (χ0n) is 23.0. The van der Waals surface area contributed by atoms with Crippen LogP contribution in [0.1, 0.15) is 26.3 Å². The highest BCUT2D eigenvalue weighted by molar-refractivity contribution is 6.21. The first-order chi connectivity index (χ1) is 22.2. The molecule has 0 aliphatic heterocycles. The summed E-state index contributed by atoms with van der Waals surface area (Å²) in [7, 11) is 0. The van der Waals surface area contributed by atoms with E-state index < -0.39 is 11.9 Å². The molecule has 0 aliphatic carbocycles. The molecule has 224 valence electrons. The molecule has 3 aromatic heterocycles. The average Bonchev–Trinajstić information content (AvgIpc) is 3.02. The molecule has 0 spiro atoms. The summed E-state index contributed by atoms with van der Waals surface area (Å²) in [6.07, 6.45) is 0. The van der Waals surface area contributed by atoms with Crippen LogP contribution in [0.15, 0.2) is 36.4 Å². The quantitative estimate of drug-likeness (QED) is 0.141. The molecule has 16 heteroatoms. The number of aromatic carboxylic acids is 2. The molecule has 0 amide bonds. The normalized spacial score (nSPS) is 11.3. The van der Waals surface area contributed by atoms with Gasteiger partial charge in [0.15, 0.2) is 11.5 Å². The lowest BCUT2D eigenvalue weighted by molar-refractivity contribution is -0.123. The predicted molar refractivity (Wildman–Crippen MR) is 157 cm³/mol. The van der Waals surface area contributed by atoms with Crippen molar-refractivity contribution in [1.82, 2.24) is 29.9 Å². The van der Waals surface area contributed by atoms with E-state index in [0.29, 0.717) is 11.1 Å². The number of aryl methyl sites for hydroxylation is 1. The Hall–Kier alpha value is -6.97. The summed E-state index contributed by atoms with van der Waals surface area (Å²) in [5.41, 5.74) is 2.29. The van der Waals surface area contributed by atoms with Gasteiger partial charge >= 0.3 is 11.9 Å². The molecule has 16 nitrogen and oxygen atoms in total. The van der Waals surface area contributed by atoms with Crippen molar-refractivity contribution in [2.24, 2.45) is 0 Å². The molecule has 0 radical (unpaired) electrons. The minimum absolute atomic E-state index is 0.0153. The second-order valence-electron chi connectivity index (χ2n) is 9.80. The van der Waals surface area contributed by atoms with E-state index >= 15 is 0 Å². The third-order valence-corrected chi connectivity index (χ3v) is 7.16. The van der Waals surface area contributed by atoms with E-state index in [1.165, 1.54) is 30.3 Å². The zero-order valence-corrected chi connectivity index (χ0v) is 23.0. The Bertz CT molecular complexity index is 2530. The predicted octanol–water partition coefficient (Wildman–Crippen LogP) is 3.29. The fourth-order valence-corrected chi connectivity index (χ4v) is 5.18. The number of hydrogen-bond donors (Lipinski definition) is 2. The highest BCUT2D eigenvalue weighted by Crippen LogP contribution is 2.37. The highest BCUT2D eigenvalue weighted by Gasteiger charge is 2.22. The number of hydrogen-bond acceptors (Lipinski definition) is 14. The molecule has 7 rings (SSSR count). The number of fused-ring (bicyclic) bond motifs is 9. The summed E-state index contributed by atoms with van der Waals surface area (Å²) in [5.74, 6) is -3.03. The number of carboxylic acids is 2. The Morgan fingerprint density at radius 2 is 0.804 bits per heavy atom. The molecule has 2 N–H and O–H groups in total. The Balaban J connectivity index is 1.68. The second-order valence-corrected chi connectivity index (χ2v) is 9.80. The van der Waals surface area contributed by atoms with Crippen molar-refractivity contribution < 1.29 is 48.4 Å². The van der Waals surface area contributed by atoms with Crippen LogP contribution in [0.25, 0.3) is 66.2 Å². The van der Waals surface area contributed by atoms with E-state index in [1.54, 1.807) is 13.0 Å². The van der Waals surface area contributed by atoms with Gasteiger partial charge in [-0.15, -0.1) is 0 Å². The Morgan fingerprint density at radius 3 is 1.17 bits per heavy atom. The molecule has 0 aliphatic rings. The zero-order chi connectivity index (χ0) is 32.3. The fourth-order valence-electron chi connectivity index (χ4n) is 5.18. The van der Waals surface area contributed by atoms with Gasteiger partial charge in [-0.1, -0.05) is 0 Å². The topological polar surface area (TPSA) is 231 Å². The number of carbonyl (C=O) groups is 5. The Kier molecular flexibility index (Phi) is 6.26. The van der Waals surface area contributed by atoms with Gasteiger partial charge in [-0.25, -0.2) is 39.5 Å². The molecular formula is C30H14N6O10. The van der Waals surface area contributed by atoms with Crippen LogP contribution in [0.4, 0.5) is 0 Å². The molecule has 0 atom stereocenters. The molecule has 0 saturated carbocycles. The van der Waals surface area contributed by atoms with Crippen LogP contribution in [0, 0.1) is 6.92 Å². The van der Waals surface area contributed by atoms with E-state index in [0.717, 1.165) is 0 Å². The van der Waals surface area contributed by atoms with E-state index in [9.17, 15) is 34.2 Å². The van der Waals surface area contributed by atoms with Crippen LogP contribution in [-0.2, 0) is 14.4 Å². The number of nitrogens with zero attached hydrogens (tertiary/aromatic N) is 6. The lowest BCUT2D eigenvalue weighted by Gasteiger charge is -2.12. The van der Waals surface area contributed by atoms with Gasteiger partial charge in [-0.05, 0) is 30.7 Å². The van der Waals surface area contributed by atoms with Crippen molar-refractivity contribution in [2.45, 2.75) is 6.92 Å². The number of aromatic nitrogens is 6. The molecule has 7 aromatic rings. The second kappa shape index (κ2) is 10.3. The summed E-state index contributed by atoms with van der Waals surface area (Å²) in [6, 6.07) is 8.02. The summed E-state index contributed by atoms with van der Waals surface area (Å²) in [4.78, 5) is 85.3. The first-order valence-corrected chi connectivity index (χ1v) is 13.0. The van der Waals surface area contributed by atoms with Crippen molar-refractivity contribution in [3.63, 3.8) is 0 Å². The van der Waals surface area contributed by atoms with Gasteiger partial charge in [0, 0.05) is 18.2 Å². The number of benzene rings is 4. The maximum atomic E-state index is 11.9. The van der Waals surface area contributed by atoms with Crippen molar-refractivity contribution >= 4 is 97.6 Å². The van der Waals surface area contributed by atoms with Gasteiger partial charge in [0.25, 0.3) is 19.4 Å². The minimum Gasteiger partial charge on any atom is -0.478 e. The van der Waals surface area contributed by atoms with Crippen molar-refractivity contribution in [2.75, 3.05) is 0 Å². The van der Waals surface area contributed by atoms with Gasteiger partial charge in [0.1, 0.15) is 44.4 Å². The summed E-state index contributed by atoms with van der Waals surface area (Å²) in [5, 5.41) is 19.4. The lowest BCUT2D eigenvalue weighted by Crippen LogP contribution is -2.04. The standard InChI is InChI=1S/C30H14N6O10/c1-11-2-14-15(3-12(11)29(40)41)32-24-23(31-14)25-26(34-17-5-20(44-8-37)13(30(42)43)4-16(17)33-25)28-27(24)35-18-6-21(45-9-38)22(46-10-39)7-19(18)36-28/h2-10H,1H3,(H,40,41)(H,42,43). The van der Waals surface area contributed by atoms with Crippen LogP contribution >= 0.6 is 0 Å². The van der Waals surface area contributed by atoms with Crippen molar-refractivity contribution in [1.29, 1.82) is 0 Å². The largest absolute Gasteiger partial charge is 0.478 e. The number of ether oxygens (including phenoxy) is 3. The lowest BCUT2D eigenvalue weighted by atomic mass is 10.1. The molecule has 0 fully saturated rings. The van der Waals surface area contributed by atoms with Crippen LogP contribution < -0.4 is 14.2 Å². The molecule has 0 unspecified atom stereocenters. The van der Waals surface area contributed by atoms with Gasteiger partial charge in [-0.2, -0.15) is 0 Å². The van der Waals surface area contributed by atoms with E-state index in [4.69, 9.17) is 34.1 Å². The van der Waals surface area contributed by atoms with Gasteiger partial charge in [-0.3, -0.25) is 14.4 Å². The van der Waals surface area contributed by atoms with Crippen LogP contribution in [0.2, 0.25) is 0 Å². The number of rotatable bonds is 8. The van der Waals surface area contributed by atoms with Crippen LogP contribution in [0.3, 0.4) is 0 Å². The van der Waals surface area contributed by atoms with Gasteiger partial charge < -0.3 is 24.4 Å². The summed E-state index contributed by atoms with van der Waals surface area (Å²) < 4.78 is 14.8. The first-order valence-electron chi connectivity index (χ1n) is 13.0. The molecule has 0 saturated heterocycles. The fraction of sp³-hybridized carbons (Fsp3) is 0.0333. The third kappa shape index (κ3) is 4.28. The van der Waals surface area contributed by atoms with Gasteiger partial charge in [0.2, 0.25) is 0 Å². The number of carboxylic acid groups (broad SMARTS) is 2. The van der Waals surface area contributed by atoms with Crippen LogP contribution in [0.5, 0.6) is 17.2 Å².